The molecule has 0 bridgehead atoms. The summed E-state index contributed by atoms with van der Waals surface area (Å²) < 4.78 is 4.05. The lowest BCUT2D eigenvalue weighted by molar-refractivity contribution is 0.321. The van der Waals surface area contributed by atoms with E-state index in [0.29, 0.717) is 6.61 Å². The lowest BCUT2D eigenvalue weighted by Crippen LogP contribution is -2.21. The van der Waals surface area contributed by atoms with Gasteiger partial charge in [-0.1, -0.05) is 26.8 Å². The molecule has 0 rings (SSSR count). The molecule has 74 valence electrons. The maximum Gasteiger partial charge on any atom is 0.0861 e. The largest absolute Gasteiger partial charge is 0.304 e. The normalized spacial score (nSPS) is 9.08. The predicted molar refractivity (Wildman–Crippen MR) is 55.5 cm³/mol. The molecule has 0 aromatic rings. The molecular weight excluding hydrogens is 174 g/mol. The van der Waals surface area contributed by atoms with Gasteiger partial charge in [0.15, 0.2) is 0 Å². The van der Waals surface area contributed by atoms with Crippen molar-refractivity contribution in [1.29, 1.82) is 0 Å². The Morgan fingerprint density at radius 1 is 1.25 bits per heavy atom. The van der Waals surface area contributed by atoms with Crippen molar-refractivity contribution in [1.82, 2.24) is 4.90 Å². The van der Waals surface area contributed by atoms with Gasteiger partial charge < -0.3 is 4.90 Å². The average molecular weight is 194 g/mol. The van der Waals surface area contributed by atoms with Crippen molar-refractivity contribution in [2.24, 2.45) is 0 Å². The molecule has 0 aromatic carbocycles. The highest BCUT2D eigenvalue weighted by Crippen LogP contribution is 1.81. The summed E-state index contributed by atoms with van der Waals surface area (Å²) in [5.41, 5.74) is 0. The lowest BCUT2D eigenvalue weighted by Gasteiger charge is -2.13. The number of rotatable bonds is 5. The molecule has 0 unspecified atom stereocenters. The van der Waals surface area contributed by atoms with Crippen LogP contribution in [0.3, 0.4) is 0 Å². The maximum absolute atomic E-state index is 4.73. The summed E-state index contributed by atoms with van der Waals surface area (Å²) in [7, 11) is 0. The summed E-state index contributed by atoms with van der Waals surface area (Å²) in [4.78, 5) is 2.38. The molecule has 0 aromatic heterocycles. The quantitative estimate of drug-likeness (QED) is 0.623. The molecule has 0 aliphatic carbocycles. The molecule has 2 nitrogen and oxygen atoms in total. The molecule has 0 atom stereocenters. The highest BCUT2D eigenvalue weighted by molar-refractivity contribution is 6.07. The molecule has 0 saturated carbocycles. The van der Waals surface area contributed by atoms with Crippen molar-refractivity contribution < 1.29 is 4.29 Å². The van der Waals surface area contributed by atoms with Crippen LogP contribution in [0.4, 0.5) is 0 Å². The van der Waals surface area contributed by atoms with Crippen LogP contribution >= 0.6 is 11.9 Å². The van der Waals surface area contributed by atoms with Gasteiger partial charge in [0.25, 0.3) is 0 Å². The van der Waals surface area contributed by atoms with Crippen LogP contribution in [-0.2, 0) is 4.29 Å². The zero-order chi connectivity index (χ0) is 9.82. The standard InChI is InChI=1S/C6H15N.C3H5ClO/c1-4-7(5-2)6-3;1-2-3-5-4/h4-6H2,1-3H3;2H,1,3H2. The minimum Gasteiger partial charge on any atom is -0.304 e. The Morgan fingerprint density at radius 2 is 1.67 bits per heavy atom. The summed E-state index contributed by atoms with van der Waals surface area (Å²) in [6, 6.07) is 0. The monoisotopic (exact) mass is 193 g/mol. The van der Waals surface area contributed by atoms with Gasteiger partial charge in [0, 0.05) is 0 Å². The van der Waals surface area contributed by atoms with Crippen molar-refractivity contribution >= 4 is 11.9 Å². The third-order valence-electron chi connectivity index (χ3n) is 1.52. The van der Waals surface area contributed by atoms with E-state index in [-0.39, 0.29) is 0 Å². The van der Waals surface area contributed by atoms with Gasteiger partial charge in [0.1, 0.15) is 0 Å². The van der Waals surface area contributed by atoms with E-state index in [1.54, 1.807) is 6.08 Å². The van der Waals surface area contributed by atoms with Gasteiger partial charge in [-0.2, -0.15) is 0 Å². The Balaban J connectivity index is 0. The molecule has 0 radical (unpaired) electrons. The van der Waals surface area contributed by atoms with Gasteiger partial charge in [0.2, 0.25) is 0 Å². The second-order valence-electron chi connectivity index (χ2n) is 2.18. The van der Waals surface area contributed by atoms with Crippen LogP contribution in [0, 0.1) is 0 Å². The average Bonchev–Trinajstić information content (AvgIpc) is 2.10. The smallest absolute Gasteiger partial charge is 0.0861 e. The van der Waals surface area contributed by atoms with Crippen molar-refractivity contribution in [2.75, 3.05) is 26.2 Å². The minimum atomic E-state index is 0.418. The zero-order valence-corrected chi connectivity index (χ0v) is 9.10. The Kier molecular flexibility index (Phi) is 16.3. The summed E-state index contributed by atoms with van der Waals surface area (Å²) in [6.45, 7) is 13.9. The summed E-state index contributed by atoms with van der Waals surface area (Å²) in [5, 5.41) is 0. The molecule has 0 saturated heterocycles. The molecule has 0 spiro atoms. The zero-order valence-electron chi connectivity index (χ0n) is 8.35. The molecule has 3 heteroatoms. The van der Waals surface area contributed by atoms with Crippen LogP contribution in [0.1, 0.15) is 20.8 Å². The Bertz CT molecular complexity index is 79.1. The Hall–Kier alpha value is -0.0500. The molecule has 0 amide bonds. The van der Waals surface area contributed by atoms with E-state index < -0.39 is 0 Å². The van der Waals surface area contributed by atoms with E-state index in [1.165, 1.54) is 19.6 Å². The van der Waals surface area contributed by atoms with Gasteiger partial charge in [-0.05, 0) is 19.6 Å². The van der Waals surface area contributed by atoms with Crippen molar-refractivity contribution in [3.8, 4) is 0 Å². The summed E-state index contributed by atoms with van der Waals surface area (Å²) in [5.74, 6) is 0. The molecule has 0 fully saturated rings. The van der Waals surface area contributed by atoms with Crippen molar-refractivity contribution in [3.63, 3.8) is 0 Å². The first-order chi connectivity index (χ1) is 5.76. The molecular formula is C9H20ClNO. The Labute approximate surface area is 81.3 Å². The fourth-order valence-corrected chi connectivity index (χ4v) is 0.804. The van der Waals surface area contributed by atoms with Crippen LogP contribution in [0.5, 0.6) is 0 Å². The van der Waals surface area contributed by atoms with Gasteiger partial charge in [-0.3, -0.25) is 4.29 Å². The van der Waals surface area contributed by atoms with E-state index in [2.05, 4.69) is 36.5 Å². The van der Waals surface area contributed by atoms with Crippen molar-refractivity contribution in [3.05, 3.63) is 12.7 Å². The SMILES string of the molecule is C=CCOCl.CCN(CC)CC. The van der Waals surface area contributed by atoms with Gasteiger partial charge >= 0.3 is 0 Å². The van der Waals surface area contributed by atoms with Crippen LogP contribution in [0.25, 0.3) is 0 Å². The first kappa shape index (κ1) is 14.5. The van der Waals surface area contributed by atoms with E-state index in [9.17, 15) is 0 Å². The number of hydrogen-bond donors (Lipinski definition) is 0. The fraction of sp³-hybridized carbons (Fsp3) is 0.778. The second kappa shape index (κ2) is 13.5. The van der Waals surface area contributed by atoms with Crippen LogP contribution in [-0.4, -0.2) is 31.1 Å². The van der Waals surface area contributed by atoms with Crippen LogP contribution < -0.4 is 0 Å². The van der Waals surface area contributed by atoms with Crippen molar-refractivity contribution in [2.45, 2.75) is 20.8 Å². The van der Waals surface area contributed by atoms with Gasteiger partial charge in [-0.25, -0.2) is 0 Å². The van der Waals surface area contributed by atoms with E-state index in [4.69, 9.17) is 11.9 Å². The number of hydrogen-bond acceptors (Lipinski definition) is 2. The minimum absolute atomic E-state index is 0.418. The lowest BCUT2D eigenvalue weighted by atomic mass is 10.5. The molecule has 0 aliphatic rings. The third-order valence-corrected chi connectivity index (χ3v) is 1.65. The molecule has 12 heavy (non-hydrogen) atoms. The number of nitrogens with zero attached hydrogens (tertiary/aromatic N) is 1. The summed E-state index contributed by atoms with van der Waals surface area (Å²) >= 11 is 4.73. The highest BCUT2D eigenvalue weighted by Gasteiger charge is 1.89. The van der Waals surface area contributed by atoms with Crippen LogP contribution in [0.2, 0.25) is 0 Å². The van der Waals surface area contributed by atoms with E-state index in [0.717, 1.165) is 0 Å². The second-order valence-corrected chi connectivity index (χ2v) is 2.40. The third kappa shape index (κ3) is 12.6. The predicted octanol–water partition coefficient (Wildman–Crippen LogP) is 2.69. The van der Waals surface area contributed by atoms with Gasteiger partial charge in [-0.15, -0.1) is 6.58 Å². The van der Waals surface area contributed by atoms with E-state index >= 15 is 0 Å². The molecule has 0 heterocycles. The first-order valence-electron chi connectivity index (χ1n) is 4.33. The molecule has 0 aliphatic heterocycles. The first-order valence-corrected chi connectivity index (χ1v) is 4.64. The van der Waals surface area contributed by atoms with Gasteiger partial charge in [0.05, 0.1) is 18.5 Å². The maximum atomic E-state index is 4.73. The number of halogens is 1. The fourth-order valence-electron chi connectivity index (χ4n) is 0.715. The highest BCUT2D eigenvalue weighted by atomic mass is 35.5. The summed E-state index contributed by atoms with van der Waals surface area (Å²) in [6.07, 6.45) is 1.58. The Morgan fingerprint density at radius 3 is 1.67 bits per heavy atom. The van der Waals surface area contributed by atoms with E-state index in [1.807, 2.05) is 0 Å². The molecule has 0 N–H and O–H groups in total. The van der Waals surface area contributed by atoms with Crippen LogP contribution in [0.15, 0.2) is 12.7 Å². The topological polar surface area (TPSA) is 12.5 Å².